The predicted octanol–water partition coefficient (Wildman–Crippen LogP) is 1.77. The van der Waals surface area contributed by atoms with Crippen molar-refractivity contribution in [2.24, 2.45) is 0 Å². The van der Waals surface area contributed by atoms with Crippen LogP contribution in [0.2, 0.25) is 0 Å². The lowest BCUT2D eigenvalue weighted by atomic mass is 10.0. The molecule has 0 spiro atoms. The number of fused-ring (bicyclic) bond motifs is 2. The van der Waals surface area contributed by atoms with Gasteiger partial charge < -0.3 is 19.7 Å². The molecule has 5 rings (SSSR count). The number of hydrogen-bond donors (Lipinski definition) is 1. The Kier molecular flexibility index (Phi) is 7.36. The van der Waals surface area contributed by atoms with Crippen LogP contribution < -0.4 is 20.3 Å². The Morgan fingerprint density at radius 3 is 2.67 bits per heavy atom. The summed E-state index contributed by atoms with van der Waals surface area (Å²) in [6, 6.07) is 5.13. The molecule has 5 heterocycles. The average molecular weight is 477 g/mol. The summed E-state index contributed by atoms with van der Waals surface area (Å²) in [4.78, 5) is 27.0. The van der Waals surface area contributed by atoms with Crippen LogP contribution in [0, 0.1) is 5.95 Å². The Morgan fingerprint density at radius 2 is 1.85 bits per heavy atom. The number of pyridine rings is 2. The Labute approximate surface area is 196 Å². The maximum absolute atomic E-state index is 13.6. The molecule has 0 unspecified atom stereocenters. The highest BCUT2D eigenvalue weighted by Crippen LogP contribution is 2.29. The Morgan fingerprint density at radius 1 is 1.06 bits per heavy atom. The highest BCUT2D eigenvalue weighted by molar-refractivity contribution is 5.85. The van der Waals surface area contributed by atoms with Crippen LogP contribution in [0.5, 0.6) is 11.5 Å². The van der Waals surface area contributed by atoms with E-state index in [1.807, 2.05) is 6.07 Å². The van der Waals surface area contributed by atoms with E-state index >= 15 is 0 Å². The van der Waals surface area contributed by atoms with Crippen LogP contribution in [0.4, 0.5) is 4.39 Å². The van der Waals surface area contributed by atoms with Gasteiger partial charge in [-0.25, -0.2) is 4.98 Å². The van der Waals surface area contributed by atoms with Crippen molar-refractivity contribution < 1.29 is 13.9 Å². The molecule has 176 valence electrons. The first kappa shape index (κ1) is 23.3. The number of hydrogen-bond acceptors (Lipinski definition) is 8. The monoisotopic (exact) mass is 476 g/mol. The second-order valence-electron chi connectivity index (χ2n) is 8.04. The predicted molar refractivity (Wildman–Crippen MR) is 123 cm³/mol. The van der Waals surface area contributed by atoms with Gasteiger partial charge in [0.1, 0.15) is 18.7 Å². The van der Waals surface area contributed by atoms with Gasteiger partial charge in [0.25, 0.3) is 5.56 Å². The Hall–Kier alpha value is -2.82. The summed E-state index contributed by atoms with van der Waals surface area (Å²) in [5.74, 6) is 0.844. The topological polar surface area (TPSA) is 94.4 Å². The number of rotatable bonds is 6. The van der Waals surface area contributed by atoms with Crippen molar-refractivity contribution in [3.63, 3.8) is 0 Å². The largest absolute Gasteiger partial charge is 0.486 e. The number of halogens is 2. The lowest BCUT2D eigenvalue weighted by molar-refractivity contribution is 0.170. The summed E-state index contributed by atoms with van der Waals surface area (Å²) in [6.45, 7) is 4.80. The van der Waals surface area contributed by atoms with Crippen LogP contribution in [0.3, 0.4) is 0 Å². The van der Waals surface area contributed by atoms with E-state index in [2.05, 4.69) is 25.2 Å². The SMILES string of the molecule is Cl.O=c1cnc2ccc(F)nc2n1CCN1CCC(NCc2cc3c(cn2)OCCO3)CC1. The van der Waals surface area contributed by atoms with Crippen LogP contribution >= 0.6 is 12.4 Å². The molecule has 2 aliphatic rings. The molecule has 0 aliphatic carbocycles. The molecule has 0 amide bonds. The molecular formula is C22H26ClFN6O3. The molecule has 3 aromatic heterocycles. The van der Waals surface area contributed by atoms with Gasteiger partial charge in [-0.3, -0.25) is 14.3 Å². The molecule has 3 aromatic rings. The van der Waals surface area contributed by atoms with Crippen molar-refractivity contribution in [2.75, 3.05) is 32.8 Å². The van der Waals surface area contributed by atoms with Crippen LogP contribution in [0.1, 0.15) is 18.5 Å². The van der Waals surface area contributed by atoms with Crippen molar-refractivity contribution in [3.05, 3.63) is 52.6 Å². The average Bonchev–Trinajstić information content (AvgIpc) is 2.82. The summed E-state index contributed by atoms with van der Waals surface area (Å²) in [7, 11) is 0. The number of likely N-dealkylation sites (tertiary alicyclic amines) is 1. The van der Waals surface area contributed by atoms with E-state index < -0.39 is 5.95 Å². The maximum Gasteiger partial charge on any atom is 0.270 e. The number of nitrogens with zero attached hydrogens (tertiary/aromatic N) is 5. The molecule has 0 atom stereocenters. The summed E-state index contributed by atoms with van der Waals surface area (Å²) < 4.78 is 26.2. The quantitative estimate of drug-likeness (QED) is 0.538. The molecule has 1 fully saturated rings. The first-order valence-electron chi connectivity index (χ1n) is 10.9. The van der Waals surface area contributed by atoms with E-state index in [1.54, 1.807) is 12.3 Å². The third-order valence-electron chi connectivity index (χ3n) is 5.94. The van der Waals surface area contributed by atoms with Crippen LogP contribution in [-0.4, -0.2) is 63.3 Å². The fourth-order valence-corrected chi connectivity index (χ4v) is 4.17. The molecule has 33 heavy (non-hydrogen) atoms. The van der Waals surface area contributed by atoms with Gasteiger partial charge in [0.15, 0.2) is 17.1 Å². The zero-order valence-corrected chi connectivity index (χ0v) is 18.9. The molecule has 0 bridgehead atoms. The molecule has 2 aliphatic heterocycles. The van der Waals surface area contributed by atoms with Crippen molar-refractivity contribution >= 4 is 23.6 Å². The third-order valence-corrected chi connectivity index (χ3v) is 5.94. The Bertz CT molecular complexity index is 1170. The minimum atomic E-state index is -0.613. The number of aromatic nitrogens is 4. The van der Waals surface area contributed by atoms with Gasteiger partial charge in [-0.2, -0.15) is 9.37 Å². The molecule has 11 heteroatoms. The second kappa shape index (κ2) is 10.4. The summed E-state index contributed by atoms with van der Waals surface area (Å²) >= 11 is 0. The molecule has 0 radical (unpaired) electrons. The fraction of sp³-hybridized carbons (Fsp3) is 0.455. The second-order valence-corrected chi connectivity index (χ2v) is 8.04. The van der Waals surface area contributed by atoms with E-state index in [1.165, 1.54) is 16.8 Å². The van der Waals surface area contributed by atoms with Gasteiger partial charge in [0, 0.05) is 31.7 Å². The highest BCUT2D eigenvalue weighted by Gasteiger charge is 2.20. The minimum absolute atomic E-state index is 0. The smallest absolute Gasteiger partial charge is 0.270 e. The lowest BCUT2D eigenvalue weighted by Gasteiger charge is -2.32. The number of piperidine rings is 1. The normalized spacial score (nSPS) is 16.5. The van der Waals surface area contributed by atoms with Gasteiger partial charge in [-0.15, -0.1) is 12.4 Å². The van der Waals surface area contributed by atoms with E-state index in [4.69, 9.17) is 9.47 Å². The lowest BCUT2D eigenvalue weighted by Crippen LogP contribution is -2.43. The van der Waals surface area contributed by atoms with Gasteiger partial charge in [-0.1, -0.05) is 0 Å². The number of nitrogens with one attached hydrogen (secondary N) is 1. The molecule has 0 aromatic carbocycles. The highest BCUT2D eigenvalue weighted by atomic mass is 35.5. The summed E-state index contributed by atoms with van der Waals surface area (Å²) in [6.07, 6.45) is 5.00. The molecule has 1 saturated heterocycles. The van der Waals surface area contributed by atoms with Gasteiger partial charge in [0.05, 0.1) is 18.1 Å². The van der Waals surface area contributed by atoms with E-state index in [9.17, 15) is 9.18 Å². The van der Waals surface area contributed by atoms with Gasteiger partial charge in [-0.05, 0) is 38.1 Å². The van der Waals surface area contributed by atoms with Gasteiger partial charge >= 0.3 is 0 Å². The Balaban J connectivity index is 0.00000259. The summed E-state index contributed by atoms with van der Waals surface area (Å²) in [5.41, 5.74) is 1.47. The molecule has 9 nitrogen and oxygen atoms in total. The van der Waals surface area contributed by atoms with Crippen molar-refractivity contribution in [1.29, 1.82) is 0 Å². The third kappa shape index (κ3) is 5.40. The van der Waals surface area contributed by atoms with Crippen LogP contribution in [-0.2, 0) is 13.1 Å². The van der Waals surface area contributed by atoms with Gasteiger partial charge in [0.2, 0.25) is 5.95 Å². The van der Waals surface area contributed by atoms with Crippen LogP contribution in [0.25, 0.3) is 11.2 Å². The maximum atomic E-state index is 13.6. The first-order valence-corrected chi connectivity index (χ1v) is 10.9. The molecule has 0 saturated carbocycles. The summed E-state index contributed by atoms with van der Waals surface area (Å²) in [5, 5.41) is 3.58. The van der Waals surface area contributed by atoms with E-state index in [0.717, 1.165) is 37.4 Å². The zero-order chi connectivity index (χ0) is 21.9. The first-order chi connectivity index (χ1) is 15.7. The zero-order valence-electron chi connectivity index (χ0n) is 18.1. The van der Waals surface area contributed by atoms with E-state index in [0.29, 0.717) is 55.8 Å². The molecule has 1 N–H and O–H groups in total. The van der Waals surface area contributed by atoms with Crippen molar-refractivity contribution in [2.45, 2.75) is 32.0 Å². The minimum Gasteiger partial charge on any atom is -0.486 e. The van der Waals surface area contributed by atoms with E-state index in [-0.39, 0.29) is 18.0 Å². The fourth-order valence-electron chi connectivity index (χ4n) is 4.17. The van der Waals surface area contributed by atoms with Crippen molar-refractivity contribution in [1.82, 2.24) is 29.7 Å². The standard InChI is InChI=1S/C22H25FN6O3.ClH/c23-20-2-1-17-22(27-20)29(21(30)14-26-17)8-7-28-5-3-15(4-6-28)24-12-16-11-18-19(13-25-16)32-10-9-31-18;/h1-2,11,13-15,24H,3-10,12H2;1H. The molecular weight excluding hydrogens is 451 g/mol. The van der Waals surface area contributed by atoms with Crippen molar-refractivity contribution in [3.8, 4) is 11.5 Å². The number of ether oxygens (including phenoxy) is 2. The van der Waals surface area contributed by atoms with Crippen LogP contribution in [0.15, 0.2) is 35.4 Å².